The maximum absolute atomic E-state index is 9.91. The van der Waals surface area contributed by atoms with Crippen molar-refractivity contribution < 1.29 is 24.4 Å². The average Bonchev–Trinajstić information content (AvgIpc) is 2.49. The van der Waals surface area contributed by atoms with Crippen LogP contribution in [0.4, 0.5) is 0 Å². The summed E-state index contributed by atoms with van der Waals surface area (Å²) in [6.07, 6.45) is 0.405. The molecule has 5 nitrogen and oxygen atoms in total. The first-order valence-electron chi connectivity index (χ1n) is 6.38. The van der Waals surface area contributed by atoms with Crippen molar-refractivity contribution in [2.24, 2.45) is 0 Å². The summed E-state index contributed by atoms with van der Waals surface area (Å²) in [5.74, 6) is 1.89. The molecule has 0 fully saturated rings. The Kier molecular flexibility index (Phi) is 4.42. The zero-order chi connectivity index (χ0) is 15.4. The van der Waals surface area contributed by atoms with Crippen LogP contribution in [-0.2, 0) is 6.42 Å². The molecule has 112 valence electrons. The summed E-state index contributed by atoms with van der Waals surface area (Å²) in [5, 5.41) is 19.3. The SMILES string of the molecule is COc1cc(OC)c(Cc2ccc(O)cc2O)c(OC)c1. The summed E-state index contributed by atoms with van der Waals surface area (Å²) in [5.41, 5.74) is 1.45. The van der Waals surface area contributed by atoms with Crippen molar-refractivity contribution in [1.29, 1.82) is 0 Å². The van der Waals surface area contributed by atoms with Gasteiger partial charge in [-0.05, 0) is 11.6 Å². The van der Waals surface area contributed by atoms with E-state index in [1.165, 1.54) is 12.1 Å². The molecular formula is C16H18O5. The van der Waals surface area contributed by atoms with Crippen LogP contribution in [0.1, 0.15) is 11.1 Å². The molecule has 0 aliphatic carbocycles. The first-order valence-corrected chi connectivity index (χ1v) is 6.38. The fourth-order valence-corrected chi connectivity index (χ4v) is 2.14. The molecule has 0 unspecified atom stereocenters. The minimum Gasteiger partial charge on any atom is -0.508 e. The molecule has 2 aromatic carbocycles. The van der Waals surface area contributed by atoms with Gasteiger partial charge in [0.05, 0.1) is 21.3 Å². The van der Waals surface area contributed by atoms with Crippen LogP contribution in [0.5, 0.6) is 28.7 Å². The zero-order valence-electron chi connectivity index (χ0n) is 12.2. The Morgan fingerprint density at radius 3 is 1.95 bits per heavy atom. The third-order valence-corrected chi connectivity index (χ3v) is 3.25. The minimum absolute atomic E-state index is 0.0184. The molecule has 5 heteroatoms. The summed E-state index contributed by atoms with van der Waals surface area (Å²) in [7, 11) is 4.70. The predicted octanol–water partition coefficient (Wildman–Crippen LogP) is 2.71. The van der Waals surface area contributed by atoms with Gasteiger partial charge in [-0.2, -0.15) is 0 Å². The van der Waals surface area contributed by atoms with E-state index < -0.39 is 0 Å². The number of phenolic OH excluding ortho intramolecular Hbond substituents is 2. The second-order valence-electron chi connectivity index (χ2n) is 4.50. The van der Waals surface area contributed by atoms with Crippen molar-refractivity contribution in [3.8, 4) is 28.7 Å². The van der Waals surface area contributed by atoms with Crippen LogP contribution in [0.3, 0.4) is 0 Å². The van der Waals surface area contributed by atoms with Crippen LogP contribution < -0.4 is 14.2 Å². The van der Waals surface area contributed by atoms with Gasteiger partial charge in [-0.15, -0.1) is 0 Å². The summed E-state index contributed by atoms with van der Waals surface area (Å²) < 4.78 is 16.0. The Balaban J connectivity index is 2.47. The standard InChI is InChI=1S/C16H18O5/c1-19-12-8-15(20-2)13(16(9-12)21-3)6-10-4-5-11(17)7-14(10)18/h4-5,7-9,17-18H,6H2,1-3H3. The first-order chi connectivity index (χ1) is 10.1. The molecule has 0 atom stereocenters. The third kappa shape index (κ3) is 3.13. The van der Waals surface area contributed by atoms with Crippen LogP contribution in [-0.4, -0.2) is 31.5 Å². The number of phenols is 2. The molecule has 0 saturated heterocycles. The minimum atomic E-state index is 0.0184. The monoisotopic (exact) mass is 290 g/mol. The number of methoxy groups -OCH3 is 3. The van der Waals surface area contributed by atoms with Crippen LogP contribution >= 0.6 is 0 Å². The second kappa shape index (κ2) is 6.26. The molecule has 2 aromatic rings. The summed E-state index contributed by atoms with van der Waals surface area (Å²) in [6.45, 7) is 0. The van der Waals surface area contributed by atoms with E-state index in [9.17, 15) is 10.2 Å². The Morgan fingerprint density at radius 2 is 1.48 bits per heavy atom. The maximum Gasteiger partial charge on any atom is 0.129 e. The van der Waals surface area contributed by atoms with Crippen molar-refractivity contribution in [2.45, 2.75) is 6.42 Å². The smallest absolute Gasteiger partial charge is 0.129 e. The van der Waals surface area contributed by atoms with Gasteiger partial charge >= 0.3 is 0 Å². The molecule has 2 N–H and O–H groups in total. The predicted molar refractivity (Wildman–Crippen MR) is 78.7 cm³/mol. The van der Waals surface area contributed by atoms with Gasteiger partial charge in [-0.25, -0.2) is 0 Å². The molecule has 0 aliphatic heterocycles. The summed E-state index contributed by atoms with van der Waals surface area (Å²) >= 11 is 0. The molecule has 0 aromatic heterocycles. The van der Waals surface area contributed by atoms with Crippen LogP contribution in [0.25, 0.3) is 0 Å². The Bertz CT molecular complexity index is 612. The van der Waals surface area contributed by atoms with Crippen molar-refractivity contribution in [1.82, 2.24) is 0 Å². The van der Waals surface area contributed by atoms with Crippen molar-refractivity contribution in [3.63, 3.8) is 0 Å². The molecule has 0 radical (unpaired) electrons. The number of hydrogen-bond acceptors (Lipinski definition) is 5. The van der Waals surface area contributed by atoms with E-state index in [1.807, 2.05) is 0 Å². The third-order valence-electron chi connectivity index (χ3n) is 3.25. The molecule has 0 amide bonds. The van der Waals surface area contributed by atoms with Gasteiger partial charge < -0.3 is 24.4 Å². The quantitative estimate of drug-likeness (QED) is 0.886. The number of ether oxygens (including phenoxy) is 3. The summed E-state index contributed by atoms with van der Waals surface area (Å²) in [4.78, 5) is 0. The lowest BCUT2D eigenvalue weighted by Gasteiger charge is -2.15. The number of hydrogen-bond donors (Lipinski definition) is 2. The number of benzene rings is 2. The van der Waals surface area contributed by atoms with Crippen LogP contribution in [0.2, 0.25) is 0 Å². The fourth-order valence-electron chi connectivity index (χ4n) is 2.14. The first kappa shape index (κ1) is 14.8. The molecule has 0 saturated carbocycles. The zero-order valence-corrected chi connectivity index (χ0v) is 12.2. The largest absolute Gasteiger partial charge is 0.508 e. The lowest BCUT2D eigenvalue weighted by atomic mass is 10.0. The van der Waals surface area contributed by atoms with E-state index >= 15 is 0 Å². The van der Waals surface area contributed by atoms with Gasteiger partial charge in [-0.3, -0.25) is 0 Å². The lowest BCUT2D eigenvalue weighted by molar-refractivity contribution is 0.369. The fraction of sp³-hybridized carbons (Fsp3) is 0.250. The van der Waals surface area contributed by atoms with E-state index in [2.05, 4.69) is 0 Å². The molecule has 21 heavy (non-hydrogen) atoms. The maximum atomic E-state index is 9.91. The van der Waals surface area contributed by atoms with E-state index in [-0.39, 0.29) is 11.5 Å². The Hall–Kier alpha value is -2.56. The molecule has 0 heterocycles. The van der Waals surface area contributed by atoms with Crippen molar-refractivity contribution in [3.05, 3.63) is 41.5 Å². The van der Waals surface area contributed by atoms with E-state index in [1.54, 1.807) is 39.5 Å². The second-order valence-corrected chi connectivity index (χ2v) is 4.50. The van der Waals surface area contributed by atoms with Gasteiger partial charge in [0.2, 0.25) is 0 Å². The summed E-state index contributed by atoms with van der Waals surface area (Å²) in [6, 6.07) is 8.01. The van der Waals surface area contributed by atoms with Gasteiger partial charge in [0.15, 0.2) is 0 Å². The average molecular weight is 290 g/mol. The molecular weight excluding hydrogens is 272 g/mol. The normalized spacial score (nSPS) is 10.2. The van der Waals surface area contributed by atoms with Crippen LogP contribution in [0.15, 0.2) is 30.3 Å². The van der Waals surface area contributed by atoms with Crippen molar-refractivity contribution >= 4 is 0 Å². The Morgan fingerprint density at radius 1 is 0.857 bits per heavy atom. The van der Waals surface area contributed by atoms with E-state index in [0.717, 1.165) is 5.56 Å². The van der Waals surface area contributed by atoms with Gasteiger partial charge in [0.1, 0.15) is 28.7 Å². The highest BCUT2D eigenvalue weighted by Gasteiger charge is 2.15. The van der Waals surface area contributed by atoms with Gasteiger partial charge in [0, 0.05) is 30.2 Å². The highest BCUT2D eigenvalue weighted by Crippen LogP contribution is 2.37. The lowest BCUT2D eigenvalue weighted by Crippen LogP contribution is -1.99. The highest BCUT2D eigenvalue weighted by atomic mass is 16.5. The molecule has 0 spiro atoms. The highest BCUT2D eigenvalue weighted by molar-refractivity contribution is 5.54. The molecule has 0 bridgehead atoms. The van der Waals surface area contributed by atoms with Crippen LogP contribution in [0, 0.1) is 0 Å². The molecule has 2 rings (SSSR count). The van der Waals surface area contributed by atoms with Crippen molar-refractivity contribution in [2.75, 3.05) is 21.3 Å². The van der Waals surface area contributed by atoms with E-state index in [0.29, 0.717) is 29.2 Å². The number of aromatic hydroxyl groups is 2. The number of rotatable bonds is 5. The van der Waals surface area contributed by atoms with E-state index in [4.69, 9.17) is 14.2 Å². The van der Waals surface area contributed by atoms with Gasteiger partial charge in [0.25, 0.3) is 0 Å². The molecule has 0 aliphatic rings. The topological polar surface area (TPSA) is 68.2 Å². The Labute approximate surface area is 123 Å². The van der Waals surface area contributed by atoms with Gasteiger partial charge in [-0.1, -0.05) is 6.07 Å².